The molecule has 0 saturated heterocycles. The number of aromatic nitrogens is 1. The number of methoxy groups -OCH3 is 1. The molecule has 6 heteroatoms. The normalized spacial score (nSPS) is 10.2. The predicted molar refractivity (Wildman–Crippen MR) is 107 cm³/mol. The van der Waals surface area contributed by atoms with E-state index in [1.54, 1.807) is 37.6 Å². The van der Waals surface area contributed by atoms with E-state index in [-0.39, 0.29) is 18.2 Å². The van der Waals surface area contributed by atoms with Gasteiger partial charge in [0.1, 0.15) is 5.75 Å². The maximum Gasteiger partial charge on any atom is 0.257 e. The van der Waals surface area contributed by atoms with Gasteiger partial charge in [0.15, 0.2) is 0 Å². The van der Waals surface area contributed by atoms with Crippen molar-refractivity contribution in [2.45, 2.75) is 13.0 Å². The van der Waals surface area contributed by atoms with Gasteiger partial charge in [-0.25, -0.2) is 0 Å². The maximum atomic E-state index is 12.2. The van der Waals surface area contributed by atoms with Gasteiger partial charge in [0, 0.05) is 30.2 Å². The number of rotatable bonds is 7. The number of amides is 2. The van der Waals surface area contributed by atoms with E-state index in [1.165, 1.54) is 6.20 Å². The van der Waals surface area contributed by atoms with Gasteiger partial charge in [0.05, 0.1) is 19.1 Å². The van der Waals surface area contributed by atoms with E-state index in [1.807, 2.05) is 36.4 Å². The Hall–Kier alpha value is -3.67. The maximum absolute atomic E-state index is 12.2. The number of pyridine rings is 1. The van der Waals surface area contributed by atoms with Crippen molar-refractivity contribution in [2.24, 2.45) is 0 Å². The summed E-state index contributed by atoms with van der Waals surface area (Å²) in [4.78, 5) is 28.2. The van der Waals surface area contributed by atoms with Gasteiger partial charge >= 0.3 is 0 Å². The van der Waals surface area contributed by atoms with Gasteiger partial charge in [-0.1, -0.05) is 30.3 Å². The van der Waals surface area contributed by atoms with E-state index in [0.29, 0.717) is 23.5 Å². The van der Waals surface area contributed by atoms with E-state index in [0.717, 1.165) is 11.1 Å². The van der Waals surface area contributed by atoms with Crippen molar-refractivity contribution < 1.29 is 14.3 Å². The van der Waals surface area contributed by atoms with Crippen molar-refractivity contribution in [3.8, 4) is 5.75 Å². The van der Waals surface area contributed by atoms with Crippen LogP contribution >= 0.6 is 0 Å². The molecule has 0 radical (unpaired) electrons. The summed E-state index contributed by atoms with van der Waals surface area (Å²) in [7, 11) is 1.59. The number of carbonyl (C=O) groups is 2. The van der Waals surface area contributed by atoms with Crippen LogP contribution in [0.2, 0.25) is 0 Å². The Kier molecular flexibility index (Phi) is 6.36. The summed E-state index contributed by atoms with van der Waals surface area (Å²) < 4.78 is 5.27. The van der Waals surface area contributed by atoms with Gasteiger partial charge in [-0.3, -0.25) is 14.6 Å². The minimum atomic E-state index is -0.217. The van der Waals surface area contributed by atoms with Gasteiger partial charge in [-0.05, 0) is 35.9 Å². The lowest BCUT2D eigenvalue weighted by molar-refractivity contribution is -0.120. The SMILES string of the molecule is COc1ccccc1CC(=O)NCc1ccc(NC(=O)c2cccnc2)cc1. The van der Waals surface area contributed by atoms with E-state index >= 15 is 0 Å². The molecular formula is C22H21N3O3. The molecule has 6 nitrogen and oxygen atoms in total. The fourth-order valence-electron chi connectivity index (χ4n) is 2.69. The van der Waals surface area contributed by atoms with Crippen molar-refractivity contribution >= 4 is 17.5 Å². The summed E-state index contributed by atoms with van der Waals surface area (Å²) in [6.45, 7) is 0.408. The average molecular weight is 375 g/mol. The van der Waals surface area contributed by atoms with Gasteiger partial charge in [-0.15, -0.1) is 0 Å². The van der Waals surface area contributed by atoms with Crippen LogP contribution in [0.5, 0.6) is 5.75 Å². The minimum Gasteiger partial charge on any atom is -0.496 e. The molecule has 3 rings (SSSR count). The first-order valence-corrected chi connectivity index (χ1v) is 8.84. The van der Waals surface area contributed by atoms with Crippen LogP contribution in [0.3, 0.4) is 0 Å². The summed E-state index contributed by atoms with van der Waals surface area (Å²) in [6, 6.07) is 18.2. The summed E-state index contributed by atoms with van der Waals surface area (Å²) in [5, 5.41) is 5.71. The average Bonchev–Trinajstić information content (AvgIpc) is 2.74. The Bertz CT molecular complexity index is 941. The number of carbonyl (C=O) groups excluding carboxylic acids is 2. The van der Waals surface area contributed by atoms with Crippen LogP contribution in [0.15, 0.2) is 73.1 Å². The minimum absolute atomic E-state index is 0.0848. The lowest BCUT2D eigenvalue weighted by atomic mass is 10.1. The molecule has 2 aromatic carbocycles. The number of nitrogens with zero attached hydrogens (tertiary/aromatic N) is 1. The van der Waals surface area contributed by atoms with Gasteiger partial charge in [0.2, 0.25) is 5.91 Å². The second kappa shape index (κ2) is 9.32. The zero-order valence-electron chi connectivity index (χ0n) is 15.5. The first kappa shape index (κ1) is 19.1. The molecule has 2 N–H and O–H groups in total. The van der Waals surface area contributed by atoms with Gasteiger partial charge in [-0.2, -0.15) is 0 Å². The molecule has 28 heavy (non-hydrogen) atoms. The van der Waals surface area contributed by atoms with Crippen molar-refractivity contribution in [3.63, 3.8) is 0 Å². The van der Waals surface area contributed by atoms with Crippen molar-refractivity contribution in [1.82, 2.24) is 10.3 Å². The highest BCUT2D eigenvalue weighted by atomic mass is 16.5. The second-order valence-electron chi connectivity index (χ2n) is 6.16. The number of hydrogen-bond acceptors (Lipinski definition) is 4. The summed E-state index contributed by atoms with van der Waals surface area (Å²) in [6.07, 6.45) is 3.39. The molecule has 0 atom stereocenters. The first-order valence-electron chi connectivity index (χ1n) is 8.84. The van der Waals surface area contributed by atoms with Crippen LogP contribution in [0, 0.1) is 0 Å². The van der Waals surface area contributed by atoms with Crippen LogP contribution in [-0.4, -0.2) is 23.9 Å². The molecule has 0 unspecified atom stereocenters. The molecule has 0 saturated carbocycles. The van der Waals surface area contributed by atoms with Crippen molar-refractivity contribution in [2.75, 3.05) is 12.4 Å². The highest BCUT2D eigenvalue weighted by Crippen LogP contribution is 2.17. The van der Waals surface area contributed by atoms with Crippen LogP contribution in [0.4, 0.5) is 5.69 Å². The highest BCUT2D eigenvalue weighted by Gasteiger charge is 2.09. The van der Waals surface area contributed by atoms with E-state index in [2.05, 4.69) is 15.6 Å². The van der Waals surface area contributed by atoms with Crippen LogP contribution < -0.4 is 15.4 Å². The van der Waals surface area contributed by atoms with Crippen LogP contribution in [0.1, 0.15) is 21.5 Å². The van der Waals surface area contributed by atoms with Crippen molar-refractivity contribution in [1.29, 1.82) is 0 Å². The van der Waals surface area contributed by atoms with Gasteiger partial charge in [0.25, 0.3) is 5.91 Å². The van der Waals surface area contributed by atoms with Crippen LogP contribution in [-0.2, 0) is 17.8 Å². The van der Waals surface area contributed by atoms with Crippen molar-refractivity contribution in [3.05, 3.63) is 89.7 Å². The Morgan fingerprint density at radius 1 is 1.00 bits per heavy atom. The third-order valence-corrected chi connectivity index (χ3v) is 4.17. The quantitative estimate of drug-likeness (QED) is 0.665. The van der Waals surface area contributed by atoms with E-state index in [9.17, 15) is 9.59 Å². The number of ether oxygens (including phenoxy) is 1. The molecule has 1 heterocycles. The predicted octanol–water partition coefficient (Wildman–Crippen LogP) is 3.20. The number of para-hydroxylation sites is 1. The molecular weight excluding hydrogens is 354 g/mol. The molecule has 0 bridgehead atoms. The molecule has 0 aliphatic heterocycles. The number of benzene rings is 2. The zero-order valence-corrected chi connectivity index (χ0v) is 15.5. The topological polar surface area (TPSA) is 80.3 Å². The number of anilines is 1. The Morgan fingerprint density at radius 2 is 1.79 bits per heavy atom. The molecule has 3 aromatic rings. The lowest BCUT2D eigenvalue weighted by Crippen LogP contribution is -2.24. The number of nitrogens with one attached hydrogen (secondary N) is 2. The number of hydrogen-bond donors (Lipinski definition) is 2. The second-order valence-corrected chi connectivity index (χ2v) is 6.16. The molecule has 2 amide bonds. The summed E-state index contributed by atoms with van der Waals surface area (Å²) in [5.41, 5.74) is 2.96. The molecule has 0 fully saturated rings. The lowest BCUT2D eigenvalue weighted by Gasteiger charge is -2.10. The largest absolute Gasteiger partial charge is 0.496 e. The molecule has 0 spiro atoms. The van der Waals surface area contributed by atoms with E-state index < -0.39 is 0 Å². The van der Waals surface area contributed by atoms with Crippen LogP contribution in [0.25, 0.3) is 0 Å². The fraction of sp³-hybridized carbons (Fsp3) is 0.136. The molecule has 0 aliphatic carbocycles. The summed E-state index contributed by atoms with van der Waals surface area (Å²) in [5.74, 6) is 0.399. The van der Waals surface area contributed by atoms with Gasteiger partial charge < -0.3 is 15.4 Å². The molecule has 0 aliphatic rings. The zero-order chi connectivity index (χ0) is 19.8. The highest BCUT2D eigenvalue weighted by molar-refractivity contribution is 6.04. The van der Waals surface area contributed by atoms with E-state index in [4.69, 9.17) is 4.74 Å². The molecule has 142 valence electrons. The molecule has 1 aromatic heterocycles. The third-order valence-electron chi connectivity index (χ3n) is 4.17. The monoisotopic (exact) mass is 375 g/mol. The smallest absolute Gasteiger partial charge is 0.257 e. The standard InChI is InChI=1S/C22H21N3O3/c1-28-20-7-3-2-5-17(20)13-21(26)24-14-16-8-10-19(11-9-16)25-22(27)18-6-4-12-23-15-18/h2-12,15H,13-14H2,1H3,(H,24,26)(H,25,27). The third kappa shape index (κ3) is 5.17. The Morgan fingerprint density at radius 3 is 2.50 bits per heavy atom. The first-order chi connectivity index (χ1) is 13.7. The Balaban J connectivity index is 1.51. The summed E-state index contributed by atoms with van der Waals surface area (Å²) >= 11 is 0. The fourth-order valence-corrected chi connectivity index (χ4v) is 2.69. The Labute approximate surface area is 163 Å².